The zero-order chi connectivity index (χ0) is 25.9. The first-order chi connectivity index (χ1) is 17.3. The quantitative estimate of drug-likeness (QED) is 0.253. The number of hydrogen-bond acceptors (Lipinski definition) is 3. The molecule has 3 rings (SSSR count). The maximum absolute atomic E-state index is 13.6. The Kier molecular flexibility index (Phi) is 11.2. The molecule has 7 heteroatoms. The smallest absolute Gasteiger partial charge is 0.243 e. The molecule has 0 aromatic heterocycles. The van der Waals surface area contributed by atoms with E-state index in [1.165, 1.54) is 0 Å². The van der Waals surface area contributed by atoms with Crippen molar-refractivity contribution in [2.45, 2.75) is 44.2 Å². The van der Waals surface area contributed by atoms with Gasteiger partial charge in [-0.05, 0) is 53.4 Å². The summed E-state index contributed by atoms with van der Waals surface area (Å²) in [5.74, 6) is 0.683. The Hall–Kier alpha value is -2.47. The van der Waals surface area contributed by atoms with Crippen LogP contribution in [0.4, 0.5) is 0 Å². The first-order valence-corrected chi connectivity index (χ1v) is 13.8. The van der Waals surface area contributed by atoms with E-state index in [2.05, 4.69) is 19.2 Å². The number of nitrogens with zero attached hydrogens (tertiary/aromatic N) is 1. The molecule has 4 nitrogen and oxygen atoms in total. The molecule has 0 bridgehead atoms. The van der Waals surface area contributed by atoms with Gasteiger partial charge in [0.25, 0.3) is 0 Å². The summed E-state index contributed by atoms with van der Waals surface area (Å²) >= 11 is 13.8. The maximum atomic E-state index is 13.6. The SMILES string of the molecule is CC(C)CNC(=O)[C@H](Cc1ccccc1)N(Cc1cccc(Cl)c1)C(=O)CCSc1ccc(Cl)cc1. The molecular formula is C29H32Cl2N2O2S. The Morgan fingerprint density at radius 3 is 2.25 bits per heavy atom. The largest absolute Gasteiger partial charge is 0.354 e. The fourth-order valence-corrected chi connectivity index (χ4v) is 4.92. The van der Waals surface area contributed by atoms with Crippen molar-refractivity contribution >= 4 is 46.8 Å². The van der Waals surface area contributed by atoms with Crippen LogP contribution in [0.25, 0.3) is 0 Å². The summed E-state index contributed by atoms with van der Waals surface area (Å²) in [6, 6.07) is 24.2. The van der Waals surface area contributed by atoms with Gasteiger partial charge >= 0.3 is 0 Å². The van der Waals surface area contributed by atoms with E-state index in [0.717, 1.165) is 16.0 Å². The minimum atomic E-state index is -0.641. The van der Waals surface area contributed by atoms with Crippen LogP contribution in [0.5, 0.6) is 0 Å². The summed E-state index contributed by atoms with van der Waals surface area (Å²) < 4.78 is 0. The molecule has 36 heavy (non-hydrogen) atoms. The summed E-state index contributed by atoms with van der Waals surface area (Å²) in [6.45, 7) is 4.96. The number of carbonyl (C=O) groups is 2. The van der Waals surface area contributed by atoms with Crippen LogP contribution in [0.1, 0.15) is 31.4 Å². The Bertz CT molecular complexity index is 1120. The third kappa shape index (κ3) is 9.20. The molecule has 3 aromatic rings. The summed E-state index contributed by atoms with van der Waals surface area (Å²) in [7, 11) is 0. The molecule has 0 heterocycles. The predicted molar refractivity (Wildman–Crippen MR) is 151 cm³/mol. The number of halogens is 2. The molecule has 0 radical (unpaired) electrons. The van der Waals surface area contributed by atoms with Crippen LogP contribution in [0.2, 0.25) is 10.0 Å². The van der Waals surface area contributed by atoms with Gasteiger partial charge in [-0.15, -0.1) is 11.8 Å². The van der Waals surface area contributed by atoms with Crippen molar-refractivity contribution in [3.63, 3.8) is 0 Å². The van der Waals surface area contributed by atoms with Gasteiger partial charge in [0.1, 0.15) is 6.04 Å². The number of benzene rings is 3. The van der Waals surface area contributed by atoms with Gasteiger partial charge in [-0.25, -0.2) is 0 Å². The molecule has 0 saturated heterocycles. The Balaban J connectivity index is 1.83. The van der Waals surface area contributed by atoms with E-state index in [-0.39, 0.29) is 11.8 Å². The molecule has 0 fully saturated rings. The zero-order valence-corrected chi connectivity index (χ0v) is 23.0. The lowest BCUT2D eigenvalue weighted by molar-refractivity contribution is -0.141. The van der Waals surface area contributed by atoms with Crippen molar-refractivity contribution in [3.8, 4) is 0 Å². The zero-order valence-electron chi connectivity index (χ0n) is 20.6. The van der Waals surface area contributed by atoms with Gasteiger partial charge in [0.05, 0.1) is 0 Å². The summed E-state index contributed by atoms with van der Waals surface area (Å²) in [5.41, 5.74) is 1.89. The normalized spacial score (nSPS) is 11.8. The number of carbonyl (C=O) groups excluding carboxylic acids is 2. The molecule has 0 aliphatic rings. The average Bonchev–Trinajstić information content (AvgIpc) is 2.86. The highest BCUT2D eigenvalue weighted by Crippen LogP contribution is 2.23. The van der Waals surface area contributed by atoms with Gasteiger partial charge in [-0.2, -0.15) is 0 Å². The van der Waals surface area contributed by atoms with Gasteiger partial charge in [-0.1, -0.05) is 79.5 Å². The van der Waals surface area contributed by atoms with E-state index in [4.69, 9.17) is 23.2 Å². The summed E-state index contributed by atoms with van der Waals surface area (Å²) in [5, 5.41) is 4.32. The van der Waals surface area contributed by atoms with Crippen molar-refractivity contribution in [3.05, 3.63) is 100 Å². The first kappa shape index (κ1) is 28.1. The van der Waals surface area contributed by atoms with Crippen LogP contribution in [0.3, 0.4) is 0 Å². The molecule has 0 aliphatic heterocycles. The van der Waals surface area contributed by atoms with Crippen LogP contribution < -0.4 is 5.32 Å². The van der Waals surface area contributed by atoms with Crippen LogP contribution >= 0.6 is 35.0 Å². The minimum absolute atomic E-state index is 0.0722. The van der Waals surface area contributed by atoms with E-state index in [9.17, 15) is 9.59 Å². The molecule has 0 unspecified atom stereocenters. The molecule has 190 valence electrons. The van der Waals surface area contributed by atoms with Crippen LogP contribution in [0, 0.1) is 5.92 Å². The van der Waals surface area contributed by atoms with Crippen molar-refractivity contribution < 1.29 is 9.59 Å². The van der Waals surface area contributed by atoms with Gasteiger partial charge in [0.15, 0.2) is 0 Å². The van der Waals surface area contributed by atoms with Crippen LogP contribution in [-0.4, -0.2) is 35.1 Å². The second-order valence-corrected chi connectivity index (χ2v) is 11.1. The summed E-state index contributed by atoms with van der Waals surface area (Å²) in [6.07, 6.45) is 0.734. The Morgan fingerprint density at radius 2 is 1.58 bits per heavy atom. The van der Waals surface area contributed by atoms with E-state index in [1.807, 2.05) is 72.8 Å². The van der Waals surface area contributed by atoms with Crippen molar-refractivity contribution in [1.82, 2.24) is 10.2 Å². The first-order valence-electron chi connectivity index (χ1n) is 12.1. The standard InChI is InChI=1S/C29H32Cl2N2O2S/c1-21(2)19-32-29(35)27(18-22-7-4-3-5-8-22)33(20-23-9-6-10-25(31)17-23)28(34)15-16-36-26-13-11-24(30)12-14-26/h3-14,17,21,27H,15-16,18-20H2,1-2H3,(H,32,35)/t27-/m0/s1. The molecule has 1 N–H and O–H groups in total. The van der Waals surface area contributed by atoms with Crippen molar-refractivity contribution in [1.29, 1.82) is 0 Å². The van der Waals surface area contributed by atoms with E-state index in [0.29, 0.717) is 47.6 Å². The lowest BCUT2D eigenvalue weighted by Crippen LogP contribution is -2.51. The van der Waals surface area contributed by atoms with E-state index < -0.39 is 6.04 Å². The molecule has 0 aliphatic carbocycles. The number of amides is 2. The number of thioether (sulfide) groups is 1. The number of hydrogen-bond donors (Lipinski definition) is 1. The lowest BCUT2D eigenvalue weighted by Gasteiger charge is -2.32. The van der Waals surface area contributed by atoms with Crippen molar-refractivity contribution in [2.24, 2.45) is 5.92 Å². The predicted octanol–water partition coefficient (Wildman–Crippen LogP) is 6.89. The van der Waals surface area contributed by atoms with Gasteiger partial charge in [-0.3, -0.25) is 9.59 Å². The van der Waals surface area contributed by atoms with Crippen LogP contribution in [-0.2, 0) is 22.6 Å². The molecule has 0 saturated carbocycles. The second-order valence-electron chi connectivity index (χ2n) is 9.05. The molecule has 1 atom stereocenters. The third-order valence-electron chi connectivity index (χ3n) is 5.60. The lowest BCUT2D eigenvalue weighted by atomic mass is 10.0. The topological polar surface area (TPSA) is 49.4 Å². The van der Waals surface area contributed by atoms with Gasteiger partial charge in [0, 0.05) is 46.6 Å². The maximum Gasteiger partial charge on any atom is 0.243 e. The molecule has 0 spiro atoms. The Labute approximate surface area is 228 Å². The van der Waals surface area contributed by atoms with Crippen molar-refractivity contribution in [2.75, 3.05) is 12.3 Å². The molecular weight excluding hydrogens is 511 g/mol. The number of nitrogens with one attached hydrogen (secondary N) is 1. The fraction of sp³-hybridized carbons (Fsp3) is 0.310. The van der Waals surface area contributed by atoms with E-state index in [1.54, 1.807) is 22.7 Å². The monoisotopic (exact) mass is 542 g/mol. The van der Waals surface area contributed by atoms with E-state index >= 15 is 0 Å². The van der Waals surface area contributed by atoms with Gasteiger partial charge in [0.2, 0.25) is 11.8 Å². The highest BCUT2D eigenvalue weighted by atomic mass is 35.5. The Morgan fingerprint density at radius 1 is 0.889 bits per heavy atom. The summed E-state index contributed by atoms with van der Waals surface area (Å²) in [4.78, 5) is 29.8. The van der Waals surface area contributed by atoms with Gasteiger partial charge < -0.3 is 10.2 Å². The molecule has 2 amide bonds. The highest BCUT2D eigenvalue weighted by molar-refractivity contribution is 7.99. The number of rotatable bonds is 12. The third-order valence-corrected chi connectivity index (χ3v) is 7.10. The second kappa shape index (κ2) is 14.3. The fourth-order valence-electron chi connectivity index (χ4n) is 3.74. The highest BCUT2D eigenvalue weighted by Gasteiger charge is 2.30. The minimum Gasteiger partial charge on any atom is -0.354 e. The average molecular weight is 544 g/mol. The molecule has 3 aromatic carbocycles. The van der Waals surface area contributed by atoms with Crippen LogP contribution in [0.15, 0.2) is 83.8 Å².